The van der Waals surface area contributed by atoms with Gasteiger partial charge in [0.1, 0.15) is 5.75 Å². The van der Waals surface area contributed by atoms with Crippen molar-refractivity contribution in [2.45, 2.75) is 18.6 Å². The molecule has 0 unspecified atom stereocenters. The van der Waals surface area contributed by atoms with Crippen LogP contribution in [0.15, 0.2) is 65.3 Å². The summed E-state index contributed by atoms with van der Waals surface area (Å²) < 4.78 is 9.97. The summed E-state index contributed by atoms with van der Waals surface area (Å²) in [4.78, 5) is 29.1. The molecule has 2 aromatic rings. The summed E-state index contributed by atoms with van der Waals surface area (Å²) in [6, 6.07) is 14.7. The number of fused-ring (bicyclic) bond motifs is 1. The number of ether oxygens (including phenoxy) is 2. The van der Waals surface area contributed by atoms with Gasteiger partial charge in [-0.25, -0.2) is 4.99 Å². The summed E-state index contributed by atoms with van der Waals surface area (Å²) in [6.45, 7) is 1.81. The largest absolute Gasteiger partial charge is 0.497 e. The summed E-state index contributed by atoms with van der Waals surface area (Å²) in [6.07, 6.45) is 1.85. The molecule has 0 aromatic heterocycles. The van der Waals surface area contributed by atoms with E-state index in [-0.39, 0.29) is 18.3 Å². The fraction of sp³-hybridized carbons (Fsp3) is 0.227. The third-order valence-electron chi connectivity index (χ3n) is 4.29. The molecule has 0 saturated carbocycles. The molecule has 0 radical (unpaired) electrons. The van der Waals surface area contributed by atoms with Gasteiger partial charge in [-0.15, -0.1) is 0 Å². The number of amides is 1. The summed E-state index contributed by atoms with van der Waals surface area (Å²) >= 11 is 1.31. The SMILES string of the molecule is COC(=O)CC1=CC(S[C@@H](C)C(=O)Nc2cccc(OC)c2)=Nc2ccccc2N1. The number of benzene rings is 2. The molecule has 0 aliphatic carbocycles. The van der Waals surface area contributed by atoms with Crippen molar-refractivity contribution in [2.75, 3.05) is 24.9 Å². The summed E-state index contributed by atoms with van der Waals surface area (Å²) in [5.74, 6) is 0.143. The zero-order chi connectivity index (χ0) is 21.5. The molecule has 1 amide bonds. The second-order valence-corrected chi connectivity index (χ2v) is 7.86. The second kappa shape index (κ2) is 9.98. The number of carbonyl (C=O) groups excluding carboxylic acids is 2. The Hall–Kier alpha value is -3.26. The van der Waals surface area contributed by atoms with E-state index in [1.54, 1.807) is 32.2 Å². The smallest absolute Gasteiger partial charge is 0.311 e. The first kappa shape index (κ1) is 21.4. The van der Waals surface area contributed by atoms with Crippen molar-refractivity contribution in [3.63, 3.8) is 0 Å². The molecule has 1 aliphatic rings. The Balaban J connectivity index is 1.77. The van der Waals surface area contributed by atoms with E-state index in [9.17, 15) is 9.59 Å². The topological polar surface area (TPSA) is 89.0 Å². The van der Waals surface area contributed by atoms with Crippen LogP contribution in [-0.4, -0.2) is 36.4 Å². The zero-order valence-electron chi connectivity index (χ0n) is 17.0. The average molecular weight is 426 g/mol. The van der Waals surface area contributed by atoms with Gasteiger partial charge in [0, 0.05) is 17.5 Å². The number of nitrogens with zero attached hydrogens (tertiary/aromatic N) is 1. The van der Waals surface area contributed by atoms with Crippen LogP contribution in [0.3, 0.4) is 0 Å². The van der Waals surface area contributed by atoms with Crippen molar-refractivity contribution in [3.05, 3.63) is 60.3 Å². The van der Waals surface area contributed by atoms with Crippen LogP contribution in [0.25, 0.3) is 0 Å². The quantitative estimate of drug-likeness (QED) is 0.669. The van der Waals surface area contributed by atoms with Gasteiger partial charge in [-0.1, -0.05) is 30.0 Å². The predicted molar refractivity (Wildman–Crippen MR) is 121 cm³/mol. The minimum Gasteiger partial charge on any atom is -0.497 e. The van der Waals surface area contributed by atoms with Gasteiger partial charge in [-0.3, -0.25) is 9.59 Å². The lowest BCUT2D eigenvalue weighted by Gasteiger charge is -2.13. The summed E-state index contributed by atoms with van der Waals surface area (Å²) in [7, 11) is 2.93. The lowest BCUT2D eigenvalue weighted by Crippen LogP contribution is -2.23. The molecular weight excluding hydrogens is 402 g/mol. The van der Waals surface area contributed by atoms with Crippen LogP contribution in [0.5, 0.6) is 5.75 Å². The molecule has 0 bridgehead atoms. The maximum atomic E-state index is 12.7. The van der Waals surface area contributed by atoms with Crippen LogP contribution < -0.4 is 15.4 Å². The Labute approximate surface area is 179 Å². The highest BCUT2D eigenvalue weighted by Crippen LogP contribution is 2.32. The summed E-state index contributed by atoms with van der Waals surface area (Å²) in [5.41, 5.74) is 2.83. The molecule has 1 aliphatic heterocycles. The molecule has 156 valence electrons. The van der Waals surface area contributed by atoms with E-state index in [2.05, 4.69) is 15.6 Å². The van der Waals surface area contributed by atoms with E-state index < -0.39 is 5.25 Å². The molecule has 2 aromatic carbocycles. The highest BCUT2D eigenvalue weighted by Gasteiger charge is 2.20. The Morgan fingerprint density at radius 1 is 1.17 bits per heavy atom. The summed E-state index contributed by atoms with van der Waals surface area (Å²) in [5, 5.41) is 6.32. The van der Waals surface area contributed by atoms with Crippen molar-refractivity contribution < 1.29 is 19.1 Å². The molecule has 8 heteroatoms. The van der Waals surface area contributed by atoms with Gasteiger partial charge in [0.05, 0.1) is 42.3 Å². The predicted octanol–water partition coefficient (Wildman–Crippen LogP) is 4.36. The van der Waals surface area contributed by atoms with Crippen LogP contribution >= 0.6 is 11.8 Å². The average Bonchev–Trinajstić information content (AvgIpc) is 2.91. The molecule has 3 rings (SSSR count). The maximum absolute atomic E-state index is 12.7. The van der Waals surface area contributed by atoms with Gasteiger partial charge < -0.3 is 20.1 Å². The van der Waals surface area contributed by atoms with Gasteiger partial charge in [-0.05, 0) is 37.3 Å². The third-order valence-corrected chi connectivity index (χ3v) is 5.31. The lowest BCUT2D eigenvalue weighted by atomic mass is 10.2. The normalized spacial score (nSPS) is 13.6. The number of carbonyl (C=O) groups is 2. The van der Waals surface area contributed by atoms with E-state index in [4.69, 9.17) is 9.47 Å². The van der Waals surface area contributed by atoms with Gasteiger partial charge in [0.15, 0.2) is 0 Å². The van der Waals surface area contributed by atoms with Gasteiger partial charge in [0.25, 0.3) is 0 Å². The number of esters is 1. The third kappa shape index (κ3) is 5.64. The monoisotopic (exact) mass is 425 g/mol. The van der Waals surface area contributed by atoms with Gasteiger partial charge >= 0.3 is 5.97 Å². The van der Waals surface area contributed by atoms with Crippen LogP contribution in [-0.2, 0) is 14.3 Å². The van der Waals surface area contributed by atoms with Crippen molar-refractivity contribution in [1.29, 1.82) is 0 Å². The Bertz CT molecular complexity index is 1000. The number of hydrogen-bond acceptors (Lipinski definition) is 7. The molecule has 0 spiro atoms. The van der Waals surface area contributed by atoms with Crippen molar-refractivity contribution in [1.82, 2.24) is 0 Å². The number of hydrogen-bond donors (Lipinski definition) is 2. The number of methoxy groups -OCH3 is 2. The number of para-hydroxylation sites is 2. The maximum Gasteiger partial charge on any atom is 0.311 e. The molecule has 1 atom stereocenters. The van der Waals surface area contributed by atoms with Crippen LogP contribution in [0.2, 0.25) is 0 Å². The highest BCUT2D eigenvalue weighted by molar-refractivity contribution is 8.15. The van der Waals surface area contributed by atoms with Crippen LogP contribution in [0.1, 0.15) is 13.3 Å². The minimum atomic E-state index is -0.421. The number of aliphatic imine (C=N–C) groups is 1. The Kier molecular flexibility index (Phi) is 7.13. The molecule has 7 nitrogen and oxygen atoms in total. The minimum absolute atomic E-state index is 0.0782. The first-order valence-corrected chi connectivity index (χ1v) is 10.2. The van der Waals surface area contributed by atoms with Gasteiger partial charge in [0.2, 0.25) is 5.91 Å². The highest BCUT2D eigenvalue weighted by atomic mass is 32.2. The first-order chi connectivity index (χ1) is 14.5. The molecule has 0 saturated heterocycles. The fourth-order valence-corrected chi connectivity index (χ4v) is 3.64. The molecule has 0 fully saturated rings. The molecular formula is C22H23N3O4S. The van der Waals surface area contributed by atoms with E-state index in [1.807, 2.05) is 36.4 Å². The Morgan fingerprint density at radius 3 is 2.73 bits per heavy atom. The van der Waals surface area contributed by atoms with Crippen molar-refractivity contribution in [3.8, 4) is 5.75 Å². The number of nitrogens with one attached hydrogen (secondary N) is 2. The number of thioether (sulfide) groups is 1. The van der Waals surface area contributed by atoms with E-state index in [0.717, 1.165) is 11.4 Å². The van der Waals surface area contributed by atoms with E-state index in [1.165, 1.54) is 18.9 Å². The van der Waals surface area contributed by atoms with E-state index in [0.29, 0.717) is 22.2 Å². The van der Waals surface area contributed by atoms with Crippen LogP contribution in [0.4, 0.5) is 17.1 Å². The molecule has 1 heterocycles. The van der Waals surface area contributed by atoms with Crippen molar-refractivity contribution in [2.24, 2.45) is 4.99 Å². The zero-order valence-corrected chi connectivity index (χ0v) is 17.8. The van der Waals surface area contributed by atoms with Crippen LogP contribution in [0, 0.1) is 0 Å². The first-order valence-electron chi connectivity index (χ1n) is 9.32. The standard InChI is InChI=1S/C22H23N3O4S/c1-14(22(27)24-15-7-6-8-17(11-15)28-2)30-20-12-16(13-21(26)29-3)23-18-9-4-5-10-19(18)25-20/h4-12,14,23H,13H2,1-3H3,(H,24,27)/t14-/m0/s1. The van der Waals surface area contributed by atoms with Crippen molar-refractivity contribution >= 4 is 45.7 Å². The molecule has 2 N–H and O–H groups in total. The second-order valence-electron chi connectivity index (χ2n) is 6.50. The molecule has 30 heavy (non-hydrogen) atoms. The number of rotatable bonds is 6. The lowest BCUT2D eigenvalue weighted by molar-refractivity contribution is -0.139. The number of anilines is 2. The fourth-order valence-electron chi connectivity index (χ4n) is 2.75. The van der Waals surface area contributed by atoms with Gasteiger partial charge in [-0.2, -0.15) is 0 Å². The Morgan fingerprint density at radius 2 is 1.97 bits per heavy atom. The van der Waals surface area contributed by atoms with E-state index >= 15 is 0 Å².